The van der Waals surface area contributed by atoms with Crippen molar-refractivity contribution in [3.05, 3.63) is 54.8 Å². The van der Waals surface area contributed by atoms with E-state index < -0.39 is 0 Å². The van der Waals surface area contributed by atoms with Gasteiger partial charge in [0.15, 0.2) is 0 Å². The maximum Gasteiger partial charge on any atom is 0.137 e. The smallest absolute Gasteiger partial charge is 0.137 e. The summed E-state index contributed by atoms with van der Waals surface area (Å²) in [5, 5.41) is 3.54. The van der Waals surface area contributed by atoms with Crippen molar-refractivity contribution in [2.45, 2.75) is 25.8 Å². The van der Waals surface area contributed by atoms with Gasteiger partial charge >= 0.3 is 0 Å². The zero-order valence-electron chi connectivity index (χ0n) is 11.1. The predicted octanol–water partition coefficient (Wildman–Crippen LogP) is 5.70. The number of hydrogen-bond acceptors (Lipinski definition) is 2. The van der Waals surface area contributed by atoms with E-state index in [0.29, 0.717) is 4.47 Å². The summed E-state index contributed by atoms with van der Waals surface area (Å²) in [6.07, 6.45) is 1.99. The number of thiophene rings is 1. The Hall–Kier alpha value is -0.230. The van der Waals surface area contributed by atoms with E-state index in [1.807, 2.05) is 12.1 Å². The average Bonchev–Trinajstić information content (AvgIpc) is 2.83. The highest BCUT2D eigenvalue weighted by Crippen LogP contribution is 2.28. The molecule has 1 atom stereocenters. The molecule has 108 valence electrons. The molecule has 0 saturated carbocycles. The molecule has 1 nitrogen and oxygen atoms in total. The van der Waals surface area contributed by atoms with Crippen molar-refractivity contribution in [2.24, 2.45) is 0 Å². The Morgan fingerprint density at radius 3 is 2.65 bits per heavy atom. The van der Waals surface area contributed by atoms with Gasteiger partial charge in [-0.05, 0) is 74.7 Å². The van der Waals surface area contributed by atoms with Crippen LogP contribution in [0.3, 0.4) is 0 Å². The molecule has 0 aliphatic heterocycles. The highest BCUT2D eigenvalue weighted by molar-refractivity contribution is 9.11. The Morgan fingerprint density at radius 2 is 2.05 bits per heavy atom. The highest BCUT2D eigenvalue weighted by Gasteiger charge is 2.14. The van der Waals surface area contributed by atoms with Gasteiger partial charge in [0, 0.05) is 17.3 Å². The van der Waals surface area contributed by atoms with Crippen LogP contribution in [0.5, 0.6) is 0 Å². The molecular weight excluding hydrogens is 405 g/mol. The summed E-state index contributed by atoms with van der Waals surface area (Å²) < 4.78 is 15.0. The van der Waals surface area contributed by atoms with Crippen LogP contribution < -0.4 is 5.32 Å². The average molecular weight is 421 g/mol. The molecule has 2 rings (SSSR count). The molecule has 0 fully saturated rings. The third-order valence-electron chi connectivity index (χ3n) is 3.02. The summed E-state index contributed by atoms with van der Waals surface area (Å²) in [6.45, 7) is 3.10. The van der Waals surface area contributed by atoms with Crippen molar-refractivity contribution in [3.8, 4) is 0 Å². The van der Waals surface area contributed by atoms with Gasteiger partial charge in [-0.1, -0.05) is 13.0 Å². The lowest BCUT2D eigenvalue weighted by Gasteiger charge is -2.19. The van der Waals surface area contributed by atoms with Crippen molar-refractivity contribution >= 4 is 43.2 Å². The van der Waals surface area contributed by atoms with Gasteiger partial charge < -0.3 is 5.32 Å². The van der Waals surface area contributed by atoms with E-state index in [-0.39, 0.29) is 11.9 Å². The van der Waals surface area contributed by atoms with Gasteiger partial charge in [0.1, 0.15) is 5.82 Å². The summed E-state index contributed by atoms with van der Waals surface area (Å²) >= 11 is 8.50. The van der Waals surface area contributed by atoms with Crippen LogP contribution in [0.4, 0.5) is 4.39 Å². The molecule has 0 radical (unpaired) electrons. The molecule has 1 heterocycles. The summed E-state index contributed by atoms with van der Waals surface area (Å²) in [6, 6.07) is 9.65. The maximum absolute atomic E-state index is 13.4. The molecule has 1 aromatic heterocycles. The van der Waals surface area contributed by atoms with Gasteiger partial charge in [0.25, 0.3) is 0 Å². The third kappa shape index (κ3) is 4.38. The molecular formula is C15H16Br2FNS. The monoisotopic (exact) mass is 419 g/mol. The van der Waals surface area contributed by atoms with Crippen LogP contribution in [-0.4, -0.2) is 6.54 Å². The van der Waals surface area contributed by atoms with E-state index in [9.17, 15) is 4.39 Å². The van der Waals surface area contributed by atoms with Crippen molar-refractivity contribution in [2.75, 3.05) is 6.54 Å². The molecule has 5 heteroatoms. The summed E-state index contributed by atoms with van der Waals surface area (Å²) in [7, 11) is 0. The van der Waals surface area contributed by atoms with Gasteiger partial charge in [-0.15, -0.1) is 11.3 Å². The number of benzene rings is 1. The lowest BCUT2D eigenvalue weighted by Crippen LogP contribution is -2.23. The molecule has 1 aromatic carbocycles. The number of rotatable bonds is 6. The minimum atomic E-state index is -0.221. The lowest BCUT2D eigenvalue weighted by molar-refractivity contribution is 0.530. The normalized spacial score (nSPS) is 12.6. The second kappa shape index (κ2) is 7.69. The first-order valence-electron chi connectivity index (χ1n) is 6.52. The first-order chi connectivity index (χ1) is 9.60. The zero-order valence-corrected chi connectivity index (χ0v) is 15.1. The Balaban J connectivity index is 2.19. The molecule has 1 unspecified atom stereocenters. The van der Waals surface area contributed by atoms with Crippen LogP contribution in [0.25, 0.3) is 0 Å². The van der Waals surface area contributed by atoms with Crippen molar-refractivity contribution in [1.29, 1.82) is 0 Å². The fourth-order valence-corrected chi connectivity index (χ4v) is 3.94. The predicted molar refractivity (Wildman–Crippen MR) is 90.9 cm³/mol. The van der Waals surface area contributed by atoms with E-state index in [2.05, 4.69) is 56.2 Å². The molecule has 0 aliphatic carbocycles. The Bertz CT molecular complexity index is 571. The number of hydrogen-bond donors (Lipinski definition) is 1. The fraction of sp³-hybridized carbons (Fsp3) is 0.333. The number of nitrogens with one attached hydrogen (secondary N) is 1. The number of halogens is 3. The standard InChI is InChI=1S/C15H16Br2FNS/c1-2-7-19-14(9-11-4-6-15(17)20-11)10-3-5-13(18)12(16)8-10/h3-6,8,14,19H,2,7,9H2,1H3. The van der Waals surface area contributed by atoms with Crippen molar-refractivity contribution < 1.29 is 4.39 Å². The van der Waals surface area contributed by atoms with Gasteiger partial charge in [-0.3, -0.25) is 0 Å². The molecule has 2 aromatic rings. The second-order valence-corrected chi connectivity index (χ2v) is 7.99. The molecule has 0 amide bonds. The van der Waals surface area contributed by atoms with E-state index in [1.165, 1.54) is 10.9 Å². The largest absolute Gasteiger partial charge is 0.310 e. The van der Waals surface area contributed by atoms with E-state index in [1.54, 1.807) is 11.3 Å². The van der Waals surface area contributed by atoms with Gasteiger partial charge in [0.05, 0.1) is 8.26 Å². The van der Waals surface area contributed by atoms with Crippen LogP contribution in [0, 0.1) is 5.82 Å². The highest BCUT2D eigenvalue weighted by atomic mass is 79.9. The fourth-order valence-electron chi connectivity index (χ4n) is 2.02. The minimum absolute atomic E-state index is 0.206. The minimum Gasteiger partial charge on any atom is -0.310 e. The van der Waals surface area contributed by atoms with Crippen LogP contribution in [0.2, 0.25) is 0 Å². The second-order valence-electron chi connectivity index (χ2n) is 4.59. The first-order valence-corrected chi connectivity index (χ1v) is 8.93. The summed E-state index contributed by atoms with van der Waals surface area (Å²) in [5.74, 6) is -0.221. The van der Waals surface area contributed by atoms with Crippen LogP contribution >= 0.6 is 43.2 Å². The molecule has 0 saturated heterocycles. The molecule has 0 aliphatic rings. The lowest BCUT2D eigenvalue weighted by atomic mass is 10.0. The van der Waals surface area contributed by atoms with Crippen molar-refractivity contribution in [3.63, 3.8) is 0 Å². The summed E-state index contributed by atoms with van der Waals surface area (Å²) in [4.78, 5) is 1.31. The van der Waals surface area contributed by atoms with Crippen LogP contribution in [0.15, 0.2) is 38.6 Å². The molecule has 1 N–H and O–H groups in total. The summed E-state index contributed by atoms with van der Waals surface area (Å²) in [5.41, 5.74) is 1.11. The van der Waals surface area contributed by atoms with Gasteiger partial charge in [-0.2, -0.15) is 0 Å². The molecule has 0 spiro atoms. The topological polar surface area (TPSA) is 12.0 Å². The quantitative estimate of drug-likeness (QED) is 0.632. The van der Waals surface area contributed by atoms with Gasteiger partial charge in [-0.25, -0.2) is 4.39 Å². The van der Waals surface area contributed by atoms with Crippen LogP contribution in [0.1, 0.15) is 29.8 Å². The molecule has 0 bridgehead atoms. The van der Waals surface area contributed by atoms with Crippen LogP contribution in [-0.2, 0) is 6.42 Å². The Labute approximate surface area is 139 Å². The van der Waals surface area contributed by atoms with E-state index in [4.69, 9.17) is 0 Å². The maximum atomic E-state index is 13.4. The SMILES string of the molecule is CCCNC(Cc1ccc(Br)s1)c1ccc(F)c(Br)c1. The Morgan fingerprint density at radius 1 is 1.25 bits per heavy atom. The van der Waals surface area contributed by atoms with E-state index in [0.717, 1.165) is 28.7 Å². The Kier molecular flexibility index (Phi) is 6.20. The molecule has 20 heavy (non-hydrogen) atoms. The zero-order chi connectivity index (χ0) is 14.5. The first kappa shape index (κ1) is 16.1. The third-order valence-corrected chi connectivity index (χ3v) is 5.27. The van der Waals surface area contributed by atoms with Gasteiger partial charge in [0.2, 0.25) is 0 Å². The van der Waals surface area contributed by atoms with E-state index >= 15 is 0 Å². The van der Waals surface area contributed by atoms with Crippen molar-refractivity contribution in [1.82, 2.24) is 5.32 Å².